The van der Waals surface area contributed by atoms with Crippen molar-refractivity contribution in [1.82, 2.24) is 4.90 Å². The Balaban J connectivity index is 2.03. The van der Waals surface area contributed by atoms with Crippen molar-refractivity contribution in [2.24, 2.45) is 5.41 Å². The van der Waals surface area contributed by atoms with Gasteiger partial charge in [-0.05, 0) is 60.0 Å². The highest BCUT2D eigenvalue weighted by atomic mass is 32.2. The minimum atomic E-state index is -0.861. The normalized spacial score (nSPS) is 15.6. The van der Waals surface area contributed by atoms with Crippen LogP contribution in [-0.4, -0.2) is 44.2 Å². The maximum absolute atomic E-state index is 13.6. The lowest BCUT2D eigenvalue weighted by Gasteiger charge is -2.40. The molecule has 0 saturated carbocycles. The van der Waals surface area contributed by atoms with E-state index in [-0.39, 0.29) is 45.9 Å². The average molecular weight is 603 g/mol. The Kier molecular flexibility index (Phi) is 10.9. The summed E-state index contributed by atoms with van der Waals surface area (Å²) in [5.41, 5.74) is -0.522. The van der Waals surface area contributed by atoms with E-state index in [4.69, 9.17) is 9.47 Å². The predicted molar refractivity (Wildman–Crippen MR) is 159 cm³/mol. The molecule has 1 heterocycles. The van der Waals surface area contributed by atoms with Crippen LogP contribution in [-0.2, 0) is 25.7 Å². The zero-order valence-electron chi connectivity index (χ0n) is 22.6. The Labute approximate surface area is 245 Å². The number of β-lactam (4-membered cyclic amide) rings is 1. The van der Waals surface area contributed by atoms with Gasteiger partial charge in [0.2, 0.25) is 11.0 Å². The molecule has 12 heteroatoms. The van der Waals surface area contributed by atoms with Crippen LogP contribution in [0.15, 0.2) is 76.9 Å². The molecule has 2 aromatic carbocycles. The van der Waals surface area contributed by atoms with Crippen molar-refractivity contribution in [2.75, 3.05) is 12.0 Å². The fraction of sp³-hybridized carbons (Fsp3) is 0.321. The molecule has 9 nitrogen and oxygen atoms in total. The molecule has 212 valence electrons. The number of nitro benzene ring substituents is 1. The van der Waals surface area contributed by atoms with Gasteiger partial charge in [0.25, 0.3) is 5.69 Å². The lowest BCUT2D eigenvalue weighted by atomic mass is 10.00. The number of hydrogen-bond acceptors (Lipinski definition) is 10. The van der Waals surface area contributed by atoms with E-state index in [0.717, 1.165) is 16.7 Å². The lowest BCUT2D eigenvalue weighted by Crippen LogP contribution is -2.52. The maximum Gasteiger partial charge on any atom is 0.359 e. The molecule has 1 aliphatic rings. The van der Waals surface area contributed by atoms with Gasteiger partial charge in [-0.1, -0.05) is 26.8 Å². The molecular formula is C28H30N2O7S3. The fourth-order valence-electron chi connectivity index (χ4n) is 3.29. The van der Waals surface area contributed by atoms with Crippen LogP contribution in [0.1, 0.15) is 32.8 Å². The van der Waals surface area contributed by atoms with Crippen molar-refractivity contribution in [3.63, 3.8) is 0 Å². The number of ether oxygens (including phenoxy) is 2. The second-order valence-corrected chi connectivity index (χ2v) is 12.6. The smallest absolute Gasteiger partial charge is 0.359 e. The molecule has 1 aliphatic heterocycles. The quantitative estimate of drug-likeness (QED) is 0.0395. The molecule has 2 aromatic rings. The SMILES string of the molecule is C=CCSC1CC(=O)N1C(C(=O)OCc1ccc([N+](=O)[O-])cc1)=C(Oc1ccc(SC)cc1)SC(=O)C(C)(C)C. The Bertz CT molecular complexity index is 1300. The van der Waals surface area contributed by atoms with Crippen LogP contribution in [0.25, 0.3) is 0 Å². The maximum atomic E-state index is 13.6. The summed E-state index contributed by atoms with van der Waals surface area (Å²) < 4.78 is 11.7. The molecule has 1 atom stereocenters. The van der Waals surface area contributed by atoms with Crippen LogP contribution < -0.4 is 4.74 Å². The van der Waals surface area contributed by atoms with Crippen molar-refractivity contribution in [3.05, 3.63) is 87.7 Å². The molecule has 0 spiro atoms. The summed E-state index contributed by atoms with van der Waals surface area (Å²) in [5, 5.41) is 10.2. The summed E-state index contributed by atoms with van der Waals surface area (Å²) in [5.74, 6) is -0.252. The van der Waals surface area contributed by atoms with Gasteiger partial charge in [0.05, 0.1) is 16.7 Å². The molecule has 3 rings (SSSR count). The summed E-state index contributed by atoms with van der Waals surface area (Å²) in [6, 6.07) is 12.7. The third-order valence-electron chi connectivity index (χ3n) is 5.52. The molecule has 1 unspecified atom stereocenters. The first-order valence-electron chi connectivity index (χ1n) is 12.2. The number of nitrogens with zero attached hydrogens (tertiary/aromatic N) is 2. The van der Waals surface area contributed by atoms with E-state index in [1.54, 1.807) is 50.7 Å². The van der Waals surface area contributed by atoms with Crippen LogP contribution in [0.2, 0.25) is 0 Å². The number of thioether (sulfide) groups is 3. The molecule has 0 N–H and O–H groups in total. The van der Waals surface area contributed by atoms with Crippen molar-refractivity contribution in [2.45, 2.75) is 44.1 Å². The van der Waals surface area contributed by atoms with Crippen molar-refractivity contribution in [1.29, 1.82) is 0 Å². The molecule has 0 aromatic heterocycles. The molecular weight excluding hydrogens is 573 g/mol. The first-order valence-corrected chi connectivity index (χ1v) is 15.3. The van der Waals surface area contributed by atoms with Crippen LogP contribution >= 0.6 is 35.3 Å². The highest BCUT2D eigenvalue weighted by Gasteiger charge is 2.44. The van der Waals surface area contributed by atoms with Gasteiger partial charge < -0.3 is 9.47 Å². The summed E-state index contributed by atoms with van der Waals surface area (Å²) in [6.07, 6.45) is 3.84. The van der Waals surface area contributed by atoms with Gasteiger partial charge in [0.15, 0.2) is 10.8 Å². The van der Waals surface area contributed by atoms with Crippen LogP contribution in [0, 0.1) is 15.5 Å². The number of esters is 1. The zero-order valence-corrected chi connectivity index (χ0v) is 25.0. The van der Waals surface area contributed by atoms with Gasteiger partial charge in [-0.25, -0.2) is 4.79 Å². The molecule has 1 saturated heterocycles. The number of non-ortho nitro benzene ring substituents is 1. The van der Waals surface area contributed by atoms with Gasteiger partial charge in [-0.2, -0.15) is 0 Å². The molecule has 0 bridgehead atoms. The summed E-state index contributed by atoms with van der Waals surface area (Å²) in [4.78, 5) is 52.4. The predicted octanol–water partition coefficient (Wildman–Crippen LogP) is 6.39. The van der Waals surface area contributed by atoms with Crippen LogP contribution in [0.4, 0.5) is 5.69 Å². The molecule has 1 amide bonds. The largest absolute Gasteiger partial charge is 0.456 e. The summed E-state index contributed by atoms with van der Waals surface area (Å²) in [6.45, 7) is 8.76. The first kappa shape index (κ1) is 31.3. The standard InChI is InChI=1S/C28H30N2O7S3/c1-6-15-39-23-16-22(31)29(23)24(25(32)36-17-18-7-9-19(10-8-18)30(34)35)26(40-27(33)28(2,3)4)37-20-11-13-21(38-5)14-12-20/h6-14,23H,1,15-17H2,2-5H3. The third-order valence-corrected chi connectivity index (χ3v) is 8.72. The third kappa shape index (κ3) is 8.15. The summed E-state index contributed by atoms with van der Waals surface area (Å²) >= 11 is 3.71. The number of carbonyl (C=O) groups is 3. The van der Waals surface area contributed by atoms with E-state index in [1.165, 1.54) is 40.9 Å². The molecule has 1 fully saturated rings. The van der Waals surface area contributed by atoms with Crippen molar-refractivity contribution < 1.29 is 28.8 Å². The van der Waals surface area contributed by atoms with E-state index in [9.17, 15) is 24.5 Å². The minimum Gasteiger partial charge on any atom is -0.456 e. The van der Waals surface area contributed by atoms with E-state index in [2.05, 4.69) is 6.58 Å². The number of nitro groups is 1. The highest BCUT2D eigenvalue weighted by molar-refractivity contribution is 8.16. The topological polar surface area (TPSA) is 116 Å². The number of likely N-dealkylation sites (tertiary alicyclic amines) is 1. The van der Waals surface area contributed by atoms with E-state index < -0.39 is 16.3 Å². The lowest BCUT2D eigenvalue weighted by molar-refractivity contribution is -0.384. The van der Waals surface area contributed by atoms with Gasteiger partial charge in [-0.3, -0.25) is 24.6 Å². The molecule has 0 radical (unpaired) electrons. The van der Waals surface area contributed by atoms with Crippen LogP contribution in [0.5, 0.6) is 5.75 Å². The number of carbonyl (C=O) groups excluding carboxylic acids is 3. The van der Waals surface area contributed by atoms with Gasteiger partial charge in [0.1, 0.15) is 12.4 Å². The van der Waals surface area contributed by atoms with Crippen molar-refractivity contribution in [3.8, 4) is 5.75 Å². The number of benzene rings is 2. The Morgan fingerprint density at radius 2 is 1.80 bits per heavy atom. The minimum absolute atomic E-state index is 0.0669. The Morgan fingerprint density at radius 1 is 1.15 bits per heavy atom. The number of rotatable bonds is 12. The van der Waals surface area contributed by atoms with E-state index in [0.29, 0.717) is 17.1 Å². The number of amides is 1. The molecule has 40 heavy (non-hydrogen) atoms. The average Bonchev–Trinajstić information content (AvgIpc) is 2.92. The zero-order chi connectivity index (χ0) is 29.4. The highest BCUT2D eigenvalue weighted by Crippen LogP contribution is 2.40. The van der Waals surface area contributed by atoms with Gasteiger partial charge in [-0.15, -0.1) is 30.1 Å². The first-order chi connectivity index (χ1) is 18.9. The Hall–Kier alpha value is -3.22. The second kappa shape index (κ2) is 13.9. The molecule has 0 aliphatic carbocycles. The number of hydrogen-bond donors (Lipinski definition) is 0. The van der Waals surface area contributed by atoms with Crippen LogP contribution in [0.3, 0.4) is 0 Å². The van der Waals surface area contributed by atoms with E-state index >= 15 is 0 Å². The fourth-order valence-corrected chi connectivity index (χ4v) is 5.57. The Morgan fingerprint density at radius 3 is 2.33 bits per heavy atom. The van der Waals surface area contributed by atoms with E-state index in [1.807, 2.05) is 18.4 Å². The summed E-state index contributed by atoms with van der Waals surface area (Å²) in [7, 11) is 0. The second-order valence-electron chi connectivity index (χ2n) is 9.60. The monoisotopic (exact) mass is 602 g/mol. The van der Waals surface area contributed by atoms with Gasteiger partial charge >= 0.3 is 5.97 Å². The van der Waals surface area contributed by atoms with Gasteiger partial charge in [0, 0.05) is 28.2 Å². The van der Waals surface area contributed by atoms with Crippen molar-refractivity contribution >= 4 is 58.0 Å².